The number of para-hydroxylation sites is 1. The molecule has 6 heteroatoms. The van der Waals surface area contributed by atoms with Crippen LogP contribution in [-0.4, -0.2) is 28.5 Å². The molecule has 1 N–H and O–H groups in total. The molecule has 0 saturated carbocycles. The van der Waals surface area contributed by atoms with Crippen molar-refractivity contribution in [1.82, 2.24) is 14.5 Å². The van der Waals surface area contributed by atoms with Gasteiger partial charge in [-0.1, -0.05) is 24.3 Å². The van der Waals surface area contributed by atoms with Crippen molar-refractivity contribution in [2.24, 2.45) is 0 Å². The van der Waals surface area contributed by atoms with Crippen LogP contribution in [0.4, 0.5) is 4.39 Å². The molecule has 3 aromatic rings. The minimum Gasteiger partial charge on any atom is -0.307 e. The molecule has 1 unspecified atom stereocenters. The van der Waals surface area contributed by atoms with E-state index in [1.807, 2.05) is 19.0 Å². The van der Waals surface area contributed by atoms with Gasteiger partial charge in [0.15, 0.2) is 0 Å². The van der Waals surface area contributed by atoms with Crippen molar-refractivity contribution in [3.8, 4) is 0 Å². The van der Waals surface area contributed by atoms with Gasteiger partial charge in [-0.15, -0.1) is 0 Å². The van der Waals surface area contributed by atoms with Crippen molar-refractivity contribution in [3.05, 3.63) is 80.7 Å². The van der Waals surface area contributed by atoms with E-state index in [2.05, 4.69) is 4.98 Å². The molecule has 3 rings (SSSR count). The molecule has 124 valence electrons. The number of halogens is 1. The van der Waals surface area contributed by atoms with E-state index in [4.69, 9.17) is 0 Å². The van der Waals surface area contributed by atoms with Crippen molar-refractivity contribution in [2.45, 2.75) is 12.6 Å². The lowest BCUT2D eigenvalue weighted by Crippen LogP contribution is -2.39. The number of likely N-dealkylation sites (N-methyl/N-ethyl adjacent to an activating group) is 1. The lowest BCUT2D eigenvalue weighted by atomic mass is 10.1. The molecule has 2 aromatic carbocycles. The molecular weight excluding hydrogens is 309 g/mol. The van der Waals surface area contributed by atoms with Gasteiger partial charge in [-0.25, -0.2) is 9.18 Å². The summed E-state index contributed by atoms with van der Waals surface area (Å²) < 4.78 is 14.7. The molecular formula is C18H18FN3O2. The van der Waals surface area contributed by atoms with Crippen LogP contribution in [0.15, 0.2) is 58.1 Å². The highest BCUT2D eigenvalue weighted by molar-refractivity contribution is 5.76. The van der Waals surface area contributed by atoms with E-state index >= 15 is 0 Å². The van der Waals surface area contributed by atoms with Crippen molar-refractivity contribution in [1.29, 1.82) is 0 Å². The van der Waals surface area contributed by atoms with Crippen LogP contribution >= 0.6 is 0 Å². The highest BCUT2D eigenvalue weighted by atomic mass is 19.1. The fourth-order valence-electron chi connectivity index (χ4n) is 2.82. The topological polar surface area (TPSA) is 58.1 Å². The van der Waals surface area contributed by atoms with Crippen LogP contribution < -0.4 is 11.2 Å². The van der Waals surface area contributed by atoms with Gasteiger partial charge in [0.2, 0.25) is 0 Å². The predicted molar refractivity (Wildman–Crippen MR) is 91.7 cm³/mol. The van der Waals surface area contributed by atoms with Crippen molar-refractivity contribution >= 4 is 10.9 Å². The SMILES string of the molecule is CN(C)C(Cn1c(=O)[nH]c2ccccc2c1=O)c1cccc(F)c1. The molecule has 24 heavy (non-hydrogen) atoms. The summed E-state index contributed by atoms with van der Waals surface area (Å²) in [5.41, 5.74) is 0.398. The van der Waals surface area contributed by atoms with E-state index in [1.54, 1.807) is 36.4 Å². The molecule has 0 amide bonds. The largest absolute Gasteiger partial charge is 0.328 e. The van der Waals surface area contributed by atoms with E-state index in [-0.39, 0.29) is 24.0 Å². The van der Waals surface area contributed by atoms with E-state index in [0.717, 1.165) is 4.57 Å². The highest BCUT2D eigenvalue weighted by Gasteiger charge is 2.18. The first-order chi connectivity index (χ1) is 11.5. The van der Waals surface area contributed by atoms with Crippen molar-refractivity contribution in [3.63, 3.8) is 0 Å². The van der Waals surface area contributed by atoms with Gasteiger partial charge in [0.05, 0.1) is 23.5 Å². The third-order valence-electron chi connectivity index (χ3n) is 4.10. The lowest BCUT2D eigenvalue weighted by molar-refractivity contribution is 0.263. The third-order valence-corrected chi connectivity index (χ3v) is 4.10. The minimum atomic E-state index is -0.470. The number of aromatic nitrogens is 2. The number of nitrogens with zero attached hydrogens (tertiary/aromatic N) is 2. The molecule has 0 saturated heterocycles. The summed E-state index contributed by atoms with van der Waals surface area (Å²) in [7, 11) is 3.66. The van der Waals surface area contributed by atoms with Crippen LogP contribution in [0.3, 0.4) is 0 Å². The second-order valence-electron chi connectivity index (χ2n) is 5.93. The standard InChI is InChI=1S/C18H18FN3O2/c1-21(2)16(12-6-5-7-13(19)10-12)11-22-17(23)14-8-3-4-9-15(14)20-18(22)24/h3-10,16H,11H2,1-2H3,(H,20,24). The molecule has 1 atom stereocenters. The Morgan fingerprint density at radius 2 is 1.88 bits per heavy atom. The second kappa shape index (κ2) is 6.41. The summed E-state index contributed by atoms with van der Waals surface area (Å²) in [5, 5.41) is 0.453. The molecule has 0 aliphatic heterocycles. The highest BCUT2D eigenvalue weighted by Crippen LogP contribution is 2.20. The zero-order chi connectivity index (χ0) is 17.3. The molecule has 0 aliphatic carbocycles. The summed E-state index contributed by atoms with van der Waals surface area (Å²) in [4.78, 5) is 29.6. The maximum atomic E-state index is 13.5. The second-order valence-corrected chi connectivity index (χ2v) is 5.93. The zero-order valence-electron chi connectivity index (χ0n) is 13.5. The van der Waals surface area contributed by atoms with Crippen LogP contribution in [0.1, 0.15) is 11.6 Å². The monoisotopic (exact) mass is 327 g/mol. The number of hydrogen-bond acceptors (Lipinski definition) is 3. The van der Waals surface area contributed by atoms with Crippen LogP contribution in [0.25, 0.3) is 10.9 Å². The average Bonchev–Trinajstić information content (AvgIpc) is 2.54. The maximum Gasteiger partial charge on any atom is 0.328 e. The Morgan fingerprint density at radius 3 is 2.58 bits per heavy atom. The summed E-state index contributed by atoms with van der Waals surface area (Å²) in [5.74, 6) is -0.348. The van der Waals surface area contributed by atoms with Gasteiger partial charge in [-0.2, -0.15) is 0 Å². The molecule has 1 aromatic heterocycles. The number of hydrogen-bond donors (Lipinski definition) is 1. The molecule has 5 nitrogen and oxygen atoms in total. The number of H-pyrrole nitrogens is 1. The summed E-state index contributed by atoms with van der Waals surface area (Å²) in [6.07, 6.45) is 0. The van der Waals surface area contributed by atoms with Gasteiger partial charge in [-0.3, -0.25) is 9.36 Å². The van der Waals surface area contributed by atoms with Gasteiger partial charge in [0, 0.05) is 0 Å². The summed E-state index contributed by atoms with van der Waals surface area (Å²) in [6.45, 7) is 0.134. The van der Waals surface area contributed by atoms with Crippen LogP contribution in [0.5, 0.6) is 0 Å². The number of benzene rings is 2. The lowest BCUT2D eigenvalue weighted by Gasteiger charge is -2.25. The Labute approximate surface area is 138 Å². The molecule has 1 heterocycles. The van der Waals surface area contributed by atoms with E-state index < -0.39 is 5.69 Å². The third kappa shape index (κ3) is 3.00. The van der Waals surface area contributed by atoms with E-state index in [9.17, 15) is 14.0 Å². The number of fused-ring (bicyclic) bond motifs is 1. The summed E-state index contributed by atoms with van der Waals surface area (Å²) >= 11 is 0. The predicted octanol–water partition coefficient (Wildman–Crippen LogP) is 2.13. The van der Waals surface area contributed by atoms with E-state index in [0.29, 0.717) is 16.5 Å². The number of nitrogens with one attached hydrogen (secondary N) is 1. The minimum absolute atomic E-state index is 0.134. The van der Waals surface area contributed by atoms with Gasteiger partial charge in [-0.05, 0) is 43.9 Å². The first kappa shape index (κ1) is 16.1. The fraction of sp³-hybridized carbons (Fsp3) is 0.222. The molecule has 0 radical (unpaired) electrons. The molecule has 0 fully saturated rings. The van der Waals surface area contributed by atoms with E-state index in [1.165, 1.54) is 12.1 Å². The molecule has 0 aliphatic rings. The van der Waals surface area contributed by atoms with Crippen LogP contribution in [0, 0.1) is 5.82 Å². The Bertz CT molecular complexity index is 991. The molecule has 0 spiro atoms. The van der Waals surface area contributed by atoms with Gasteiger partial charge >= 0.3 is 5.69 Å². The van der Waals surface area contributed by atoms with Crippen molar-refractivity contribution < 1.29 is 4.39 Å². The van der Waals surface area contributed by atoms with Crippen LogP contribution in [-0.2, 0) is 6.54 Å². The Morgan fingerprint density at radius 1 is 1.12 bits per heavy atom. The van der Waals surface area contributed by atoms with Crippen molar-refractivity contribution in [2.75, 3.05) is 14.1 Å². The van der Waals surface area contributed by atoms with Gasteiger partial charge in [0.1, 0.15) is 5.82 Å². The smallest absolute Gasteiger partial charge is 0.307 e. The normalized spacial score (nSPS) is 12.7. The first-order valence-electron chi connectivity index (χ1n) is 7.61. The summed E-state index contributed by atoms with van der Waals surface area (Å²) in [6, 6.07) is 12.8. The Balaban J connectivity index is 2.10. The van der Waals surface area contributed by atoms with Gasteiger partial charge < -0.3 is 9.88 Å². The number of aromatic amines is 1. The zero-order valence-corrected chi connectivity index (χ0v) is 13.5. The quantitative estimate of drug-likeness (QED) is 0.799. The Kier molecular flexibility index (Phi) is 4.31. The number of rotatable bonds is 4. The van der Waals surface area contributed by atoms with Crippen LogP contribution in [0.2, 0.25) is 0 Å². The first-order valence-corrected chi connectivity index (χ1v) is 7.61. The van der Waals surface area contributed by atoms with Gasteiger partial charge in [0.25, 0.3) is 5.56 Å². The molecule has 0 bridgehead atoms. The maximum absolute atomic E-state index is 13.5. The Hall–Kier alpha value is -2.73. The fourth-order valence-corrected chi connectivity index (χ4v) is 2.82. The average molecular weight is 327 g/mol.